The van der Waals surface area contributed by atoms with Crippen molar-refractivity contribution in [2.45, 2.75) is 13.0 Å². The lowest BCUT2D eigenvalue weighted by molar-refractivity contribution is 0.501. The molecule has 0 aromatic heterocycles. The average molecular weight is 371 g/mol. The summed E-state index contributed by atoms with van der Waals surface area (Å²) in [7, 11) is 0. The van der Waals surface area contributed by atoms with Gasteiger partial charge in [-0.25, -0.2) is 8.78 Å². The number of para-hydroxylation sites is 1. The van der Waals surface area contributed by atoms with Crippen molar-refractivity contribution in [2.75, 3.05) is 0 Å². The van der Waals surface area contributed by atoms with Crippen molar-refractivity contribution >= 4 is 11.3 Å². The van der Waals surface area contributed by atoms with Gasteiger partial charge in [0.2, 0.25) is 0 Å². The van der Waals surface area contributed by atoms with Crippen molar-refractivity contribution in [1.29, 1.82) is 0 Å². The van der Waals surface area contributed by atoms with Crippen molar-refractivity contribution in [1.82, 2.24) is 4.72 Å². The highest BCUT2D eigenvalue weighted by Gasteiger charge is 2.25. The van der Waals surface area contributed by atoms with Crippen LogP contribution >= 0.6 is 0 Å². The van der Waals surface area contributed by atoms with Crippen LogP contribution in [0.3, 0.4) is 0 Å². The summed E-state index contributed by atoms with van der Waals surface area (Å²) in [5.41, 5.74) is 4.03. The lowest BCUT2D eigenvalue weighted by Gasteiger charge is -2.24. The van der Waals surface area contributed by atoms with Crippen LogP contribution in [0.15, 0.2) is 60.7 Å². The van der Waals surface area contributed by atoms with E-state index >= 15 is 0 Å². The van der Waals surface area contributed by atoms with Gasteiger partial charge in [-0.1, -0.05) is 48.5 Å². The first-order valence-corrected chi connectivity index (χ1v) is 9.15. The van der Waals surface area contributed by atoms with Gasteiger partial charge in [0.1, 0.15) is 0 Å². The van der Waals surface area contributed by atoms with Crippen LogP contribution in [0.4, 0.5) is 8.78 Å². The summed E-state index contributed by atoms with van der Waals surface area (Å²) < 4.78 is 46.7. The van der Waals surface area contributed by atoms with E-state index < -0.39 is 22.9 Å². The Kier molecular flexibility index (Phi) is 4.30. The van der Waals surface area contributed by atoms with Crippen molar-refractivity contribution in [3.05, 3.63) is 77.9 Å². The van der Waals surface area contributed by atoms with Gasteiger partial charge in [-0.3, -0.25) is 0 Å². The van der Waals surface area contributed by atoms with E-state index in [1.165, 1.54) is 12.1 Å². The largest absolute Gasteiger partial charge is 0.388 e. The predicted octanol–water partition coefficient (Wildman–Crippen LogP) is 4.92. The third-order valence-corrected chi connectivity index (χ3v) is 5.26. The molecule has 4 rings (SSSR count). The topological polar surface area (TPSA) is 38.3 Å². The van der Waals surface area contributed by atoms with E-state index in [-0.39, 0.29) is 6.04 Å². The summed E-state index contributed by atoms with van der Waals surface area (Å²) in [6.45, 7) is 1.93. The summed E-state index contributed by atoms with van der Waals surface area (Å²) in [4.78, 5) is 0. The van der Waals surface area contributed by atoms with E-state index in [0.717, 1.165) is 28.3 Å². The summed E-state index contributed by atoms with van der Waals surface area (Å²) in [5, 5.41) is 0. The Balaban J connectivity index is 1.73. The zero-order valence-electron chi connectivity index (χ0n) is 13.8. The second kappa shape index (κ2) is 6.63. The Bertz CT molecular complexity index is 1010. The number of benzene rings is 3. The van der Waals surface area contributed by atoms with Gasteiger partial charge in [0, 0.05) is 17.2 Å². The van der Waals surface area contributed by atoms with Gasteiger partial charge in [0.25, 0.3) is 11.3 Å². The fourth-order valence-corrected chi connectivity index (χ4v) is 3.84. The Morgan fingerprint density at radius 2 is 1.62 bits per heavy atom. The van der Waals surface area contributed by atoms with Gasteiger partial charge < -0.3 is 4.18 Å². The molecule has 0 saturated heterocycles. The normalized spacial score (nSPS) is 18.9. The van der Waals surface area contributed by atoms with E-state index in [4.69, 9.17) is 4.18 Å². The molecule has 3 aromatic rings. The van der Waals surface area contributed by atoms with Gasteiger partial charge in [0.15, 0.2) is 17.4 Å². The zero-order valence-corrected chi connectivity index (χ0v) is 14.6. The van der Waals surface area contributed by atoms with Gasteiger partial charge in [0.05, 0.1) is 0 Å². The number of hydrogen-bond acceptors (Lipinski definition) is 2. The van der Waals surface area contributed by atoms with E-state index in [2.05, 4.69) is 4.72 Å². The fourth-order valence-electron chi connectivity index (χ4n) is 3.04. The molecule has 2 atom stereocenters. The van der Waals surface area contributed by atoms with Crippen LogP contribution in [0.2, 0.25) is 0 Å². The molecule has 0 spiro atoms. The summed E-state index contributed by atoms with van der Waals surface area (Å²) in [5.74, 6) is -1.15. The molecule has 0 fully saturated rings. The number of rotatable bonds is 2. The van der Waals surface area contributed by atoms with Crippen LogP contribution < -0.4 is 8.91 Å². The van der Waals surface area contributed by atoms with Crippen LogP contribution in [-0.4, -0.2) is 4.21 Å². The zero-order chi connectivity index (χ0) is 18.3. The summed E-state index contributed by atoms with van der Waals surface area (Å²) in [6, 6.07) is 16.9. The minimum atomic E-state index is -1.58. The van der Waals surface area contributed by atoms with E-state index in [1.54, 1.807) is 0 Å². The van der Waals surface area contributed by atoms with Crippen LogP contribution in [0.1, 0.15) is 18.5 Å². The summed E-state index contributed by atoms with van der Waals surface area (Å²) in [6.07, 6.45) is 0. The van der Waals surface area contributed by atoms with E-state index in [9.17, 15) is 13.0 Å². The lowest BCUT2D eigenvalue weighted by Crippen LogP contribution is -2.30. The molecule has 132 valence electrons. The Labute approximate surface area is 152 Å². The third-order valence-electron chi connectivity index (χ3n) is 4.39. The Morgan fingerprint density at radius 3 is 2.35 bits per heavy atom. The maximum Gasteiger partial charge on any atom is 0.288 e. The first-order valence-electron chi connectivity index (χ1n) is 8.08. The van der Waals surface area contributed by atoms with Crippen LogP contribution in [0.25, 0.3) is 22.3 Å². The Morgan fingerprint density at radius 1 is 0.923 bits per heavy atom. The highest BCUT2D eigenvalue weighted by molar-refractivity contribution is 7.78. The van der Waals surface area contributed by atoms with Crippen molar-refractivity contribution in [3.8, 4) is 28.0 Å². The van der Waals surface area contributed by atoms with Gasteiger partial charge in [-0.05, 0) is 35.7 Å². The second-order valence-corrected chi connectivity index (χ2v) is 6.96. The van der Waals surface area contributed by atoms with Crippen LogP contribution in [0.5, 0.6) is 5.75 Å². The SMILES string of the molecule is CC1NS(=O)Oc2c(-c3ccc(-c4ccc(F)c(F)c4)cc3)cccc21. The number of nitrogens with one attached hydrogen (secondary N) is 1. The van der Waals surface area contributed by atoms with Crippen molar-refractivity contribution in [2.24, 2.45) is 0 Å². The predicted molar refractivity (Wildman–Crippen MR) is 97.6 cm³/mol. The molecule has 1 heterocycles. The quantitative estimate of drug-likeness (QED) is 0.694. The molecule has 0 radical (unpaired) electrons. The van der Waals surface area contributed by atoms with E-state index in [1.807, 2.05) is 49.4 Å². The number of hydrogen-bond donors (Lipinski definition) is 1. The van der Waals surface area contributed by atoms with E-state index in [0.29, 0.717) is 11.3 Å². The lowest BCUT2D eigenvalue weighted by atomic mass is 9.96. The number of fused-ring (bicyclic) bond motifs is 1. The Hall–Kier alpha value is -2.57. The third kappa shape index (κ3) is 3.02. The number of halogens is 2. The fraction of sp³-hybridized carbons (Fsp3) is 0.100. The average Bonchev–Trinajstić information content (AvgIpc) is 2.64. The molecule has 6 heteroatoms. The molecule has 3 aromatic carbocycles. The standard InChI is InChI=1S/C20H15F2NO2S/c1-12-16-3-2-4-17(20(16)25-26(24)23-12)14-7-5-13(6-8-14)15-9-10-18(21)19(22)11-15/h2-12,23H,1H3. The first-order chi connectivity index (χ1) is 12.5. The second-order valence-electron chi connectivity index (χ2n) is 6.09. The monoisotopic (exact) mass is 371 g/mol. The van der Waals surface area contributed by atoms with Gasteiger partial charge in [-0.2, -0.15) is 8.93 Å². The molecule has 3 nitrogen and oxygen atoms in total. The highest BCUT2D eigenvalue weighted by Crippen LogP contribution is 2.39. The van der Waals surface area contributed by atoms with Crippen molar-refractivity contribution in [3.63, 3.8) is 0 Å². The molecule has 0 aliphatic carbocycles. The van der Waals surface area contributed by atoms with Crippen molar-refractivity contribution < 1.29 is 17.2 Å². The molecule has 0 saturated carbocycles. The van der Waals surface area contributed by atoms with Crippen LogP contribution in [-0.2, 0) is 11.3 Å². The molecule has 0 amide bonds. The molecular formula is C20H15F2NO2S. The van der Waals surface area contributed by atoms with Gasteiger partial charge >= 0.3 is 0 Å². The molecular weight excluding hydrogens is 356 g/mol. The minimum absolute atomic E-state index is 0.0824. The smallest absolute Gasteiger partial charge is 0.288 e. The van der Waals surface area contributed by atoms with Crippen LogP contribution in [0, 0.1) is 11.6 Å². The molecule has 2 unspecified atom stereocenters. The molecule has 0 bridgehead atoms. The molecule has 1 N–H and O–H groups in total. The molecule has 1 aliphatic heterocycles. The maximum absolute atomic E-state index is 13.4. The molecule has 1 aliphatic rings. The molecule has 26 heavy (non-hydrogen) atoms. The maximum atomic E-state index is 13.4. The highest BCUT2D eigenvalue weighted by atomic mass is 32.2. The summed E-state index contributed by atoms with van der Waals surface area (Å²) >= 11 is -1.58. The first kappa shape index (κ1) is 16.9. The minimum Gasteiger partial charge on any atom is -0.388 e. The van der Waals surface area contributed by atoms with Gasteiger partial charge in [-0.15, -0.1) is 0 Å².